The number of rotatable bonds is 7. The molecule has 0 spiro atoms. The van der Waals surface area contributed by atoms with Crippen molar-refractivity contribution in [2.45, 2.75) is 31.4 Å². The van der Waals surface area contributed by atoms with E-state index in [-0.39, 0.29) is 51.6 Å². The van der Waals surface area contributed by atoms with E-state index in [1.54, 1.807) is 24.3 Å². The van der Waals surface area contributed by atoms with E-state index < -0.39 is 18.2 Å². The van der Waals surface area contributed by atoms with Crippen molar-refractivity contribution >= 4 is 17.6 Å². The maximum Gasteiger partial charge on any atom is 0.331 e. The maximum atomic E-state index is 12.6. The molecule has 7 heteroatoms. The predicted molar refractivity (Wildman–Crippen MR) is 114 cm³/mol. The second-order valence-electron chi connectivity index (χ2n) is 7.10. The number of aliphatic hydroxyl groups excluding tert-OH is 1. The Morgan fingerprint density at radius 3 is 2.42 bits per heavy atom. The van der Waals surface area contributed by atoms with E-state index in [1.165, 1.54) is 17.5 Å². The van der Waals surface area contributed by atoms with Crippen molar-refractivity contribution in [3.05, 3.63) is 72.8 Å². The maximum absolute atomic E-state index is 12.6. The zero-order valence-electron chi connectivity index (χ0n) is 17.5. The summed E-state index contributed by atoms with van der Waals surface area (Å²) < 4.78 is 4.65. The van der Waals surface area contributed by atoms with Gasteiger partial charge in [0.05, 0.1) is 12.7 Å². The molecule has 1 N–H and O–H groups in total. The van der Waals surface area contributed by atoms with Crippen molar-refractivity contribution in [3.63, 3.8) is 0 Å². The van der Waals surface area contributed by atoms with Crippen LogP contribution in [0.4, 0.5) is 10.5 Å². The quantitative estimate of drug-likeness (QED) is 0.364. The SMILES string of the molecule is [CH2-]OCC#CCC1C(=O)N(C)C(=O)N1c1ccc(C(O)CCc2ccccc2)cc1.[Y]. The molecule has 6 nitrogen and oxygen atoms in total. The third kappa shape index (κ3) is 6.24. The van der Waals surface area contributed by atoms with Gasteiger partial charge in [-0.3, -0.25) is 14.6 Å². The first-order chi connectivity index (χ1) is 14.5. The van der Waals surface area contributed by atoms with Crippen LogP contribution < -0.4 is 4.90 Å². The number of carbonyl (C=O) groups excluding carboxylic acids is 2. The largest absolute Gasteiger partial charge is 0.546 e. The van der Waals surface area contributed by atoms with E-state index in [2.05, 4.69) is 23.7 Å². The number of hydrogen-bond acceptors (Lipinski definition) is 4. The summed E-state index contributed by atoms with van der Waals surface area (Å²) in [6, 6.07) is 16.0. The van der Waals surface area contributed by atoms with Gasteiger partial charge in [0.1, 0.15) is 6.04 Å². The monoisotopic (exact) mass is 494 g/mol. The van der Waals surface area contributed by atoms with Crippen molar-refractivity contribution < 1.29 is 52.1 Å². The second kappa shape index (κ2) is 12.1. The van der Waals surface area contributed by atoms with Gasteiger partial charge in [0.25, 0.3) is 5.91 Å². The zero-order chi connectivity index (χ0) is 21.5. The molecule has 2 atom stereocenters. The molecular weight excluding hydrogens is 469 g/mol. The van der Waals surface area contributed by atoms with Crippen LogP contribution in [-0.2, 0) is 48.7 Å². The molecule has 31 heavy (non-hydrogen) atoms. The topological polar surface area (TPSA) is 70.1 Å². The Kier molecular flexibility index (Phi) is 9.86. The number of imide groups is 1. The summed E-state index contributed by atoms with van der Waals surface area (Å²) >= 11 is 0. The number of benzene rings is 2. The Morgan fingerprint density at radius 1 is 1.10 bits per heavy atom. The molecule has 1 heterocycles. The molecule has 0 aromatic heterocycles. The average Bonchev–Trinajstić information content (AvgIpc) is 2.99. The van der Waals surface area contributed by atoms with E-state index in [0.717, 1.165) is 16.9 Å². The molecule has 0 aliphatic carbocycles. The van der Waals surface area contributed by atoms with Gasteiger partial charge >= 0.3 is 6.03 Å². The number of aryl methyl sites for hydroxylation is 1. The minimum atomic E-state index is -0.686. The third-order valence-corrected chi connectivity index (χ3v) is 5.12. The van der Waals surface area contributed by atoms with Gasteiger partial charge in [-0.25, -0.2) is 11.9 Å². The molecule has 1 fully saturated rings. The molecular formula is C24H25N2O4Y-. The molecule has 0 saturated carbocycles. The average molecular weight is 494 g/mol. The van der Waals surface area contributed by atoms with Crippen LogP contribution in [-0.4, -0.2) is 41.6 Å². The smallest absolute Gasteiger partial charge is 0.331 e. The van der Waals surface area contributed by atoms with Gasteiger partial charge < -0.3 is 9.84 Å². The number of hydrogen-bond donors (Lipinski definition) is 1. The molecule has 3 amide bonds. The van der Waals surface area contributed by atoms with Gasteiger partial charge in [0.15, 0.2) is 0 Å². The fourth-order valence-electron chi connectivity index (χ4n) is 3.43. The predicted octanol–water partition coefficient (Wildman–Crippen LogP) is 3.32. The third-order valence-electron chi connectivity index (χ3n) is 5.12. The summed E-state index contributed by atoms with van der Waals surface area (Å²) in [6.45, 7) is 0.167. The zero-order valence-corrected chi connectivity index (χ0v) is 20.4. The number of urea groups is 1. The Morgan fingerprint density at radius 2 is 1.77 bits per heavy atom. The number of likely N-dealkylation sites (N-methyl/N-ethyl adjacent to an activating group) is 1. The van der Waals surface area contributed by atoms with Gasteiger partial charge in [-0.2, -0.15) is 0 Å². The van der Waals surface area contributed by atoms with E-state index in [1.807, 2.05) is 30.3 Å². The van der Waals surface area contributed by atoms with E-state index >= 15 is 0 Å². The molecule has 1 aliphatic rings. The molecule has 1 radical (unpaired) electrons. The fraction of sp³-hybridized carbons (Fsp3) is 0.292. The van der Waals surface area contributed by atoms with Crippen LogP contribution in [0.3, 0.4) is 0 Å². The van der Waals surface area contributed by atoms with Crippen LogP contribution in [0.15, 0.2) is 54.6 Å². The van der Waals surface area contributed by atoms with Gasteiger partial charge in [-0.15, -0.1) is 0 Å². The Labute approximate surface area is 208 Å². The number of ether oxygens (including phenoxy) is 1. The number of nitrogens with zero attached hydrogens (tertiary/aromatic N) is 2. The van der Waals surface area contributed by atoms with Crippen LogP contribution in [0.25, 0.3) is 0 Å². The summed E-state index contributed by atoms with van der Waals surface area (Å²) in [6.07, 6.45) is 0.965. The van der Waals surface area contributed by atoms with Crippen molar-refractivity contribution in [1.29, 1.82) is 0 Å². The minimum Gasteiger partial charge on any atom is -0.546 e. The van der Waals surface area contributed by atoms with Crippen molar-refractivity contribution in [3.8, 4) is 11.8 Å². The van der Waals surface area contributed by atoms with Gasteiger partial charge in [-0.1, -0.05) is 54.3 Å². The van der Waals surface area contributed by atoms with Crippen LogP contribution >= 0.6 is 0 Å². The molecule has 2 aromatic carbocycles. The fourth-order valence-corrected chi connectivity index (χ4v) is 3.43. The van der Waals surface area contributed by atoms with Crippen LogP contribution in [0.2, 0.25) is 0 Å². The van der Waals surface area contributed by atoms with E-state index in [0.29, 0.717) is 12.1 Å². The molecule has 2 aromatic rings. The Balaban J connectivity index is 0.00000341. The first kappa shape index (κ1) is 25.2. The van der Waals surface area contributed by atoms with Crippen molar-refractivity contribution in [2.24, 2.45) is 0 Å². The summed E-state index contributed by atoms with van der Waals surface area (Å²) in [7, 11) is 4.71. The number of amides is 3. The molecule has 0 bridgehead atoms. The van der Waals surface area contributed by atoms with Crippen LogP contribution in [0.1, 0.15) is 30.1 Å². The molecule has 1 aliphatic heterocycles. The van der Waals surface area contributed by atoms with Gasteiger partial charge in [0.2, 0.25) is 0 Å². The molecule has 3 rings (SSSR count). The number of carbonyl (C=O) groups is 2. The standard InChI is InChI=1S/C24H25N2O4.Y/c1-25-23(28)21(10-6-7-17-30-2)26(24(25)29)20-14-12-19(13-15-20)22(27)16-11-18-8-4-3-5-9-18;/h3-5,8-9,12-15,21-22,27H,2,10-11,16-17H2,1H3;/q-1;. The summed E-state index contributed by atoms with van der Waals surface area (Å²) in [5, 5.41) is 10.5. The number of anilines is 1. The minimum absolute atomic E-state index is 0. The summed E-state index contributed by atoms with van der Waals surface area (Å²) in [4.78, 5) is 27.6. The van der Waals surface area contributed by atoms with Gasteiger partial charge in [0, 0.05) is 51.9 Å². The molecule has 2 unspecified atom stereocenters. The summed E-state index contributed by atoms with van der Waals surface area (Å²) in [5.41, 5.74) is 2.53. The van der Waals surface area contributed by atoms with E-state index in [4.69, 9.17) is 0 Å². The van der Waals surface area contributed by atoms with Crippen molar-refractivity contribution in [2.75, 3.05) is 18.6 Å². The first-order valence-electron chi connectivity index (χ1n) is 9.78. The van der Waals surface area contributed by atoms with Crippen molar-refractivity contribution in [1.82, 2.24) is 4.90 Å². The normalized spacial score (nSPS) is 16.5. The van der Waals surface area contributed by atoms with Crippen LogP contribution in [0, 0.1) is 19.0 Å². The van der Waals surface area contributed by atoms with Crippen LogP contribution in [0.5, 0.6) is 0 Å². The number of aliphatic hydroxyl groups is 1. The van der Waals surface area contributed by atoms with E-state index in [9.17, 15) is 14.7 Å². The molecule has 1 saturated heterocycles. The Bertz CT molecular complexity index is 938. The second-order valence-corrected chi connectivity index (χ2v) is 7.10. The Hall–Kier alpha value is -2.04. The summed E-state index contributed by atoms with van der Waals surface area (Å²) in [5.74, 6) is 5.33. The molecule has 159 valence electrons. The first-order valence-corrected chi connectivity index (χ1v) is 9.78. The van der Waals surface area contributed by atoms with Gasteiger partial charge in [-0.05, 0) is 36.1 Å².